The largest absolute Gasteiger partial charge is 0.355 e. The van der Waals surface area contributed by atoms with E-state index in [1.54, 1.807) is 0 Å². The summed E-state index contributed by atoms with van der Waals surface area (Å²) in [5, 5.41) is 5.06. The van der Waals surface area contributed by atoms with Crippen molar-refractivity contribution in [2.24, 2.45) is 17.3 Å². The zero-order valence-electron chi connectivity index (χ0n) is 13.9. The normalized spacial score (nSPS) is 23.0. The van der Waals surface area contributed by atoms with Crippen LogP contribution in [-0.2, 0) is 14.4 Å². The van der Waals surface area contributed by atoms with Gasteiger partial charge in [0.15, 0.2) is 0 Å². The quantitative estimate of drug-likeness (QED) is 0.615. The van der Waals surface area contributed by atoms with Gasteiger partial charge in [-0.15, -0.1) is 0 Å². The lowest BCUT2D eigenvalue weighted by Crippen LogP contribution is -2.89. The topological polar surface area (TPSA) is 84.0 Å². The molecule has 4 N–H and O–H groups in total. The Morgan fingerprint density at radius 3 is 2.57 bits per heavy atom. The van der Waals surface area contributed by atoms with Crippen LogP contribution in [-0.4, -0.2) is 37.6 Å². The van der Waals surface area contributed by atoms with Crippen molar-refractivity contribution in [2.45, 2.75) is 47.1 Å². The van der Waals surface area contributed by atoms with Gasteiger partial charge in [-0.2, -0.15) is 0 Å². The number of hydroxylamine groups is 1. The molecule has 1 fully saturated rings. The molecule has 0 aromatic rings. The molecular weight excluding hydrogens is 270 g/mol. The van der Waals surface area contributed by atoms with Crippen LogP contribution in [0.4, 0.5) is 0 Å². The lowest BCUT2D eigenvalue weighted by Gasteiger charge is -2.29. The molecule has 122 valence electrons. The Balaban J connectivity index is 2.53. The fraction of sp³-hybridized carbons (Fsp3) is 0.867. The molecular formula is C15H30N3O3+. The number of piperidine rings is 1. The summed E-state index contributed by atoms with van der Waals surface area (Å²) in [6, 6.07) is 0. The van der Waals surface area contributed by atoms with Gasteiger partial charge in [0.2, 0.25) is 11.8 Å². The van der Waals surface area contributed by atoms with E-state index < -0.39 is 5.41 Å². The van der Waals surface area contributed by atoms with E-state index in [1.165, 1.54) is 0 Å². The SMILES string of the molecule is CC(C)CNC(=O)[C@@H]1C[NH2+]CC[C@H]1ONC(=O)C(C)(C)C. The predicted octanol–water partition coefficient (Wildman–Crippen LogP) is -0.196. The minimum atomic E-state index is -0.504. The number of carbonyl (C=O) groups is 2. The number of hydrogen-bond donors (Lipinski definition) is 3. The Hall–Kier alpha value is -1.14. The van der Waals surface area contributed by atoms with Crippen molar-refractivity contribution < 1.29 is 19.7 Å². The monoisotopic (exact) mass is 300 g/mol. The van der Waals surface area contributed by atoms with E-state index in [4.69, 9.17) is 4.84 Å². The Kier molecular flexibility index (Phi) is 6.61. The van der Waals surface area contributed by atoms with E-state index in [0.29, 0.717) is 19.0 Å². The first-order valence-electron chi connectivity index (χ1n) is 7.77. The Labute approximate surface area is 127 Å². The van der Waals surface area contributed by atoms with E-state index in [2.05, 4.69) is 30.0 Å². The van der Waals surface area contributed by atoms with E-state index in [1.807, 2.05) is 20.8 Å². The van der Waals surface area contributed by atoms with Gasteiger partial charge in [0.25, 0.3) is 0 Å². The molecule has 0 aromatic carbocycles. The zero-order chi connectivity index (χ0) is 16.0. The standard InChI is InChI=1S/C15H29N3O3/c1-10(2)8-17-13(19)11-9-16-7-6-12(11)21-18-14(20)15(3,4)5/h10-12,16H,6-9H2,1-5H3,(H,17,19)(H,18,20)/p+1/t11-,12-/m1/s1. The molecule has 1 aliphatic heterocycles. The molecule has 1 saturated heterocycles. The first-order valence-corrected chi connectivity index (χ1v) is 7.77. The van der Waals surface area contributed by atoms with Gasteiger partial charge in [0, 0.05) is 18.4 Å². The molecule has 1 rings (SSSR count). The summed E-state index contributed by atoms with van der Waals surface area (Å²) in [6.07, 6.45) is 0.498. The number of carbonyl (C=O) groups excluding carboxylic acids is 2. The van der Waals surface area contributed by atoms with Crippen LogP contribution in [0.2, 0.25) is 0 Å². The van der Waals surface area contributed by atoms with Gasteiger partial charge < -0.3 is 10.6 Å². The lowest BCUT2D eigenvalue weighted by atomic mass is 9.94. The fourth-order valence-electron chi connectivity index (χ4n) is 2.07. The van der Waals surface area contributed by atoms with Crippen LogP contribution < -0.4 is 16.1 Å². The number of hydrogen-bond acceptors (Lipinski definition) is 3. The lowest BCUT2D eigenvalue weighted by molar-refractivity contribution is -0.670. The minimum Gasteiger partial charge on any atom is -0.355 e. The van der Waals surface area contributed by atoms with Gasteiger partial charge in [0.05, 0.1) is 13.1 Å². The second-order valence-corrected chi connectivity index (χ2v) is 7.18. The highest BCUT2D eigenvalue weighted by Crippen LogP contribution is 2.15. The third-order valence-corrected chi connectivity index (χ3v) is 3.53. The van der Waals surface area contributed by atoms with Crippen molar-refractivity contribution in [2.75, 3.05) is 19.6 Å². The molecule has 0 saturated carbocycles. The molecule has 0 bridgehead atoms. The number of amides is 2. The van der Waals surface area contributed by atoms with Gasteiger partial charge in [-0.05, 0) is 5.92 Å². The van der Waals surface area contributed by atoms with Gasteiger partial charge in [-0.1, -0.05) is 34.6 Å². The van der Waals surface area contributed by atoms with Gasteiger partial charge in [-0.3, -0.25) is 14.4 Å². The first-order chi connectivity index (χ1) is 9.71. The van der Waals surface area contributed by atoms with E-state index >= 15 is 0 Å². The van der Waals surface area contributed by atoms with Crippen molar-refractivity contribution in [1.82, 2.24) is 10.8 Å². The van der Waals surface area contributed by atoms with Crippen LogP contribution >= 0.6 is 0 Å². The Morgan fingerprint density at radius 1 is 1.33 bits per heavy atom. The predicted molar refractivity (Wildman–Crippen MR) is 80.1 cm³/mol. The summed E-state index contributed by atoms with van der Waals surface area (Å²) in [6.45, 7) is 11.9. The summed E-state index contributed by atoms with van der Waals surface area (Å²) in [7, 11) is 0. The Bertz CT molecular complexity index is 364. The van der Waals surface area contributed by atoms with Crippen LogP contribution in [0.25, 0.3) is 0 Å². The molecule has 1 aliphatic rings. The number of rotatable bonds is 5. The highest BCUT2D eigenvalue weighted by atomic mass is 16.7. The molecule has 2 amide bonds. The van der Waals surface area contributed by atoms with Crippen molar-refractivity contribution in [1.29, 1.82) is 0 Å². The van der Waals surface area contributed by atoms with Crippen LogP contribution in [0, 0.1) is 17.3 Å². The maximum absolute atomic E-state index is 12.2. The van der Waals surface area contributed by atoms with Crippen molar-refractivity contribution in [3.63, 3.8) is 0 Å². The van der Waals surface area contributed by atoms with Crippen molar-refractivity contribution >= 4 is 11.8 Å². The third kappa shape index (κ3) is 6.01. The van der Waals surface area contributed by atoms with Gasteiger partial charge in [-0.25, -0.2) is 5.48 Å². The molecule has 0 unspecified atom stereocenters. The van der Waals surface area contributed by atoms with Crippen molar-refractivity contribution in [3.05, 3.63) is 0 Å². The average Bonchev–Trinajstić information content (AvgIpc) is 2.41. The van der Waals surface area contributed by atoms with E-state index in [0.717, 1.165) is 13.0 Å². The Morgan fingerprint density at radius 2 is 2.00 bits per heavy atom. The smallest absolute Gasteiger partial charge is 0.248 e. The second-order valence-electron chi connectivity index (χ2n) is 7.18. The van der Waals surface area contributed by atoms with Crippen LogP contribution in [0.5, 0.6) is 0 Å². The van der Waals surface area contributed by atoms with Gasteiger partial charge >= 0.3 is 0 Å². The summed E-state index contributed by atoms with van der Waals surface area (Å²) in [5.41, 5.74) is 2.01. The molecule has 21 heavy (non-hydrogen) atoms. The zero-order valence-corrected chi connectivity index (χ0v) is 13.9. The minimum absolute atomic E-state index is 0.00894. The summed E-state index contributed by atoms with van der Waals surface area (Å²) in [4.78, 5) is 29.6. The molecule has 0 radical (unpaired) electrons. The van der Waals surface area contributed by atoms with Crippen LogP contribution in [0.3, 0.4) is 0 Å². The highest BCUT2D eigenvalue weighted by molar-refractivity contribution is 5.81. The molecule has 1 heterocycles. The molecule has 0 aromatic heterocycles. The van der Waals surface area contributed by atoms with Crippen LogP contribution in [0.15, 0.2) is 0 Å². The first kappa shape index (κ1) is 17.9. The summed E-state index contributed by atoms with van der Waals surface area (Å²) >= 11 is 0. The maximum Gasteiger partial charge on any atom is 0.248 e. The molecule has 0 aliphatic carbocycles. The summed E-state index contributed by atoms with van der Waals surface area (Å²) < 4.78 is 0. The molecule has 6 nitrogen and oxygen atoms in total. The van der Waals surface area contributed by atoms with Crippen molar-refractivity contribution in [3.8, 4) is 0 Å². The van der Waals surface area contributed by atoms with E-state index in [-0.39, 0.29) is 23.8 Å². The maximum atomic E-state index is 12.2. The van der Waals surface area contributed by atoms with Crippen LogP contribution in [0.1, 0.15) is 41.0 Å². The third-order valence-electron chi connectivity index (χ3n) is 3.53. The van der Waals surface area contributed by atoms with E-state index in [9.17, 15) is 9.59 Å². The average molecular weight is 300 g/mol. The number of nitrogens with one attached hydrogen (secondary N) is 2. The highest BCUT2D eigenvalue weighted by Gasteiger charge is 2.35. The fourth-order valence-corrected chi connectivity index (χ4v) is 2.07. The number of nitrogens with two attached hydrogens (primary N) is 1. The molecule has 2 atom stereocenters. The molecule has 0 spiro atoms. The summed E-state index contributed by atoms with van der Waals surface area (Å²) in [5.74, 6) is 0.0345. The molecule has 6 heteroatoms. The van der Waals surface area contributed by atoms with Gasteiger partial charge in [0.1, 0.15) is 12.0 Å². The number of quaternary nitrogens is 1. The second kappa shape index (κ2) is 7.75.